The van der Waals surface area contributed by atoms with Crippen molar-refractivity contribution in [2.75, 3.05) is 13.6 Å². The van der Waals surface area contributed by atoms with Crippen LogP contribution in [0, 0.1) is 5.95 Å². The third kappa shape index (κ3) is 1.78. The standard InChI is InChI=1S/C10H12FN3O/c1-12-3-2-6-5-13-10-9(6)7(15)4-8(11)14-10/h4-5,12H,2-3H2,1H3,(H2,13,14,15). The van der Waals surface area contributed by atoms with Gasteiger partial charge in [-0.25, -0.2) is 0 Å². The Balaban J connectivity index is 2.54. The Kier molecular flexibility index (Phi) is 2.55. The number of rotatable bonds is 3. The van der Waals surface area contributed by atoms with Crippen LogP contribution in [0.4, 0.5) is 4.39 Å². The summed E-state index contributed by atoms with van der Waals surface area (Å²) in [5.74, 6) is -0.616. The Hall–Kier alpha value is -1.62. The molecule has 0 aliphatic carbocycles. The first-order valence-corrected chi connectivity index (χ1v) is 4.75. The zero-order valence-electron chi connectivity index (χ0n) is 8.36. The summed E-state index contributed by atoms with van der Waals surface area (Å²) in [6.45, 7) is 0.782. The smallest absolute Gasteiger partial charge is 0.196 e. The lowest BCUT2D eigenvalue weighted by Crippen LogP contribution is -2.11. The topological polar surface area (TPSA) is 60.7 Å². The largest absolute Gasteiger partial charge is 0.347 e. The average molecular weight is 209 g/mol. The zero-order valence-corrected chi connectivity index (χ0v) is 8.36. The summed E-state index contributed by atoms with van der Waals surface area (Å²) in [6.07, 6.45) is 2.48. The van der Waals surface area contributed by atoms with Gasteiger partial charge >= 0.3 is 0 Å². The molecule has 3 N–H and O–H groups in total. The molecule has 0 atom stereocenters. The van der Waals surface area contributed by atoms with Crippen LogP contribution in [0.25, 0.3) is 11.0 Å². The Bertz CT molecular complexity index is 529. The van der Waals surface area contributed by atoms with Crippen LogP contribution in [0.2, 0.25) is 0 Å². The molecule has 5 heteroatoms. The first-order valence-electron chi connectivity index (χ1n) is 4.75. The van der Waals surface area contributed by atoms with Crippen LogP contribution in [0.15, 0.2) is 17.1 Å². The first kappa shape index (κ1) is 9.92. The maximum atomic E-state index is 12.9. The lowest BCUT2D eigenvalue weighted by Gasteiger charge is -1.97. The van der Waals surface area contributed by atoms with E-state index in [1.807, 2.05) is 7.05 Å². The minimum absolute atomic E-state index is 0.284. The van der Waals surface area contributed by atoms with Gasteiger partial charge in [0.25, 0.3) is 0 Å². The molecule has 0 aliphatic rings. The number of fused-ring (bicyclic) bond motifs is 1. The maximum Gasteiger partial charge on any atom is 0.196 e. The van der Waals surface area contributed by atoms with E-state index in [0.717, 1.165) is 24.6 Å². The highest BCUT2D eigenvalue weighted by Gasteiger charge is 2.08. The third-order valence-corrected chi connectivity index (χ3v) is 2.35. The molecular weight excluding hydrogens is 197 g/mol. The first-order chi connectivity index (χ1) is 7.22. The van der Waals surface area contributed by atoms with E-state index in [0.29, 0.717) is 11.0 Å². The quantitative estimate of drug-likeness (QED) is 0.653. The number of hydrogen-bond donors (Lipinski definition) is 3. The molecule has 0 radical (unpaired) electrons. The molecule has 0 amide bonds. The molecular formula is C10H12FN3O. The zero-order chi connectivity index (χ0) is 10.8. The van der Waals surface area contributed by atoms with Gasteiger partial charge in [-0.3, -0.25) is 4.79 Å². The van der Waals surface area contributed by atoms with Gasteiger partial charge in [-0.05, 0) is 25.6 Å². The van der Waals surface area contributed by atoms with Crippen molar-refractivity contribution < 1.29 is 4.39 Å². The molecule has 2 aromatic rings. The molecule has 0 fully saturated rings. The molecule has 0 saturated heterocycles. The SMILES string of the molecule is CNCCc1c[nH]c2[nH]c(F)cc(=O)c12. The number of hydrogen-bond acceptors (Lipinski definition) is 2. The van der Waals surface area contributed by atoms with E-state index in [1.165, 1.54) is 0 Å². The molecule has 0 aliphatic heterocycles. The number of likely N-dealkylation sites (N-methyl/N-ethyl adjacent to an activating group) is 1. The van der Waals surface area contributed by atoms with E-state index in [1.54, 1.807) is 6.20 Å². The van der Waals surface area contributed by atoms with Gasteiger partial charge in [0.15, 0.2) is 11.4 Å². The van der Waals surface area contributed by atoms with E-state index < -0.39 is 5.95 Å². The summed E-state index contributed by atoms with van der Waals surface area (Å²) in [6, 6.07) is 0.971. The van der Waals surface area contributed by atoms with Gasteiger partial charge in [0.1, 0.15) is 5.65 Å². The van der Waals surface area contributed by atoms with Gasteiger partial charge in [-0.1, -0.05) is 0 Å². The second-order valence-corrected chi connectivity index (χ2v) is 3.40. The molecule has 0 spiro atoms. The fraction of sp³-hybridized carbons (Fsp3) is 0.300. The average Bonchev–Trinajstić information content (AvgIpc) is 2.58. The molecule has 4 nitrogen and oxygen atoms in total. The van der Waals surface area contributed by atoms with Gasteiger partial charge < -0.3 is 15.3 Å². The van der Waals surface area contributed by atoms with E-state index in [9.17, 15) is 9.18 Å². The van der Waals surface area contributed by atoms with E-state index >= 15 is 0 Å². The number of pyridine rings is 1. The Labute approximate surface area is 85.5 Å². The van der Waals surface area contributed by atoms with Crippen LogP contribution < -0.4 is 10.7 Å². The molecule has 2 aromatic heterocycles. The molecule has 2 heterocycles. The maximum absolute atomic E-state index is 12.9. The summed E-state index contributed by atoms with van der Waals surface area (Å²) in [5.41, 5.74) is 1.07. The lowest BCUT2D eigenvalue weighted by atomic mass is 10.1. The van der Waals surface area contributed by atoms with Crippen LogP contribution in [0.5, 0.6) is 0 Å². The highest BCUT2D eigenvalue weighted by atomic mass is 19.1. The predicted molar refractivity (Wildman–Crippen MR) is 56.5 cm³/mol. The number of nitrogens with one attached hydrogen (secondary N) is 3. The number of aromatic nitrogens is 2. The normalized spacial score (nSPS) is 11.1. The van der Waals surface area contributed by atoms with Crippen molar-refractivity contribution in [3.05, 3.63) is 34.0 Å². The fourth-order valence-electron chi connectivity index (χ4n) is 1.64. The van der Waals surface area contributed by atoms with Crippen molar-refractivity contribution in [2.24, 2.45) is 0 Å². The van der Waals surface area contributed by atoms with Gasteiger partial charge in [0, 0.05) is 12.3 Å². The van der Waals surface area contributed by atoms with Crippen molar-refractivity contribution in [1.82, 2.24) is 15.3 Å². The van der Waals surface area contributed by atoms with Crippen LogP contribution >= 0.6 is 0 Å². The highest BCUT2D eigenvalue weighted by molar-refractivity contribution is 5.79. The molecule has 0 bridgehead atoms. The highest BCUT2D eigenvalue weighted by Crippen LogP contribution is 2.12. The Morgan fingerprint density at radius 3 is 3.07 bits per heavy atom. The van der Waals surface area contributed by atoms with Crippen LogP contribution in [0.3, 0.4) is 0 Å². The molecule has 80 valence electrons. The summed E-state index contributed by atoms with van der Waals surface area (Å²) in [5, 5.41) is 3.55. The third-order valence-electron chi connectivity index (χ3n) is 2.35. The monoisotopic (exact) mass is 209 g/mol. The number of halogens is 1. The summed E-state index contributed by atoms with van der Waals surface area (Å²) in [4.78, 5) is 16.9. The minimum atomic E-state index is -0.616. The molecule has 0 aromatic carbocycles. The second kappa shape index (κ2) is 3.86. The molecule has 2 rings (SSSR count). The van der Waals surface area contributed by atoms with Crippen molar-refractivity contribution in [3.8, 4) is 0 Å². The minimum Gasteiger partial charge on any atom is -0.347 e. The number of H-pyrrole nitrogens is 2. The van der Waals surface area contributed by atoms with Crippen LogP contribution in [0.1, 0.15) is 5.56 Å². The van der Waals surface area contributed by atoms with Crippen LogP contribution in [-0.4, -0.2) is 23.6 Å². The van der Waals surface area contributed by atoms with E-state index in [2.05, 4.69) is 15.3 Å². The van der Waals surface area contributed by atoms with Gasteiger partial charge in [0.05, 0.1) is 5.39 Å². The van der Waals surface area contributed by atoms with E-state index in [4.69, 9.17) is 0 Å². The van der Waals surface area contributed by atoms with E-state index in [-0.39, 0.29) is 5.43 Å². The molecule has 0 unspecified atom stereocenters. The van der Waals surface area contributed by atoms with Gasteiger partial charge in [-0.2, -0.15) is 4.39 Å². The van der Waals surface area contributed by atoms with Crippen molar-refractivity contribution in [1.29, 1.82) is 0 Å². The van der Waals surface area contributed by atoms with Crippen molar-refractivity contribution in [2.45, 2.75) is 6.42 Å². The fourth-order valence-corrected chi connectivity index (χ4v) is 1.64. The second-order valence-electron chi connectivity index (χ2n) is 3.40. The van der Waals surface area contributed by atoms with Gasteiger partial charge in [-0.15, -0.1) is 0 Å². The van der Waals surface area contributed by atoms with Crippen molar-refractivity contribution >= 4 is 11.0 Å². The summed E-state index contributed by atoms with van der Waals surface area (Å²) < 4.78 is 12.9. The molecule has 15 heavy (non-hydrogen) atoms. The van der Waals surface area contributed by atoms with Gasteiger partial charge in [0.2, 0.25) is 0 Å². The summed E-state index contributed by atoms with van der Waals surface area (Å²) >= 11 is 0. The Morgan fingerprint density at radius 2 is 2.33 bits per heavy atom. The van der Waals surface area contributed by atoms with Crippen LogP contribution in [-0.2, 0) is 6.42 Å². The van der Waals surface area contributed by atoms with Crippen molar-refractivity contribution in [3.63, 3.8) is 0 Å². The Morgan fingerprint density at radius 1 is 1.53 bits per heavy atom. The lowest BCUT2D eigenvalue weighted by molar-refractivity contribution is 0.587. The molecule has 0 saturated carbocycles. The predicted octanol–water partition coefficient (Wildman–Crippen LogP) is 0.757. The number of aromatic amines is 2. The summed E-state index contributed by atoms with van der Waals surface area (Å²) in [7, 11) is 1.85.